The first-order valence-corrected chi connectivity index (χ1v) is 5.10. The average molecular weight is 300 g/mol. The number of hydrogen-bond acceptors (Lipinski definition) is 4. The smallest absolute Gasteiger partial charge is 0.393 e. The minimum atomic E-state index is -5.72. The lowest BCUT2D eigenvalue weighted by atomic mass is 10.1. The molecule has 5 nitrogen and oxygen atoms in total. The fourth-order valence-corrected chi connectivity index (χ4v) is 1.26. The van der Waals surface area contributed by atoms with Gasteiger partial charge in [0.2, 0.25) is 0 Å². The Morgan fingerprint density at radius 1 is 1.25 bits per heavy atom. The van der Waals surface area contributed by atoms with Crippen molar-refractivity contribution in [2.24, 2.45) is 0 Å². The number of halogens is 5. The van der Waals surface area contributed by atoms with Crippen molar-refractivity contribution in [3.8, 4) is 0 Å². The molecular formula is C10H9F5N2O3. The second-order valence-electron chi connectivity index (χ2n) is 3.80. The van der Waals surface area contributed by atoms with E-state index in [9.17, 15) is 32.1 Å². The van der Waals surface area contributed by atoms with Gasteiger partial charge >= 0.3 is 12.1 Å². The highest BCUT2D eigenvalue weighted by Crippen LogP contribution is 2.35. The highest BCUT2D eigenvalue weighted by atomic mass is 19.4. The molecule has 0 amide bonds. The van der Waals surface area contributed by atoms with Gasteiger partial charge in [-0.2, -0.15) is 22.0 Å². The summed E-state index contributed by atoms with van der Waals surface area (Å²) in [6.07, 6.45) is -5.72. The van der Waals surface area contributed by atoms with Crippen LogP contribution in [0.1, 0.15) is 5.56 Å². The summed E-state index contributed by atoms with van der Waals surface area (Å²) in [6, 6.07) is 3.52. The minimum Gasteiger partial charge on any atom is -0.393 e. The van der Waals surface area contributed by atoms with Crippen LogP contribution >= 0.6 is 0 Å². The van der Waals surface area contributed by atoms with E-state index in [0.29, 0.717) is 0 Å². The maximum atomic E-state index is 12.6. The van der Waals surface area contributed by atoms with Gasteiger partial charge in [-0.3, -0.25) is 10.1 Å². The number of ether oxygens (including phenoxy) is 1. The fraction of sp³-hybridized carbons (Fsp3) is 0.400. The van der Waals surface area contributed by atoms with Crippen molar-refractivity contribution >= 4 is 11.4 Å². The van der Waals surface area contributed by atoms with E-state index < -0.39 is 35.9 Å². The Kier molecular flexibility index (Phi) is 4.48. The summed E-state index contributed by atoms with van der Waals surface area (Å²) in [5, 5.41) is 10.6. The van der Waals surface area contributed by atoms with Gasteiger partial charge in [-0.25, -0.2) is 0 Å². The van der Waals surface area contributed by atoms with Crippen LogP contribution in [-0.4, -0.2) is 23.6 Å². The second kappa shape index (κ2) is 5.57. The molecular weight excluding hydrogens is 291 g/mol. The van der Waals surface area contributed by atoms with E-state index in [4.69, 9.17) is 5.73 Å². The first-order chi connectivity index (χ1) is 9.06. The number of benzene rings is 1. The molecule has 0 unspecified atom stereocenters. The third-order valence-corrected chi connectivity index (χ3v) is 2.33. The van der Waals surface area contributed by atoms with Crippen LogP contribution in [0.15, 0.2) is 18.2 Å². The van der Waals surface area contributed by atoms with Crippen molar-refractivity contribution < 1.29 is 31.6 Å². The number of nitrogens with zero attached hydrogens (tertiary/aromatic N) is 1. The highest BCUT2D eigenvalue weighted by Gasteiger charge is 2.57. The highest BCUT2D eigenvalue weighted by molar-refractivity contribution is 5.62. The van der Waals surface area contributed by atoms with Gasteiger partial charge in [0.15, 0.2) is 0 Å². The zero-order valence-electron chi connectivity index (χ0n) is 9.79. The summed E-state index contributed by atoms with van der Waals surface area (Å²) in [7, 11) is 0. The van der Waals surface area contributed by atoms with Gasteiger partial charge in [-0.05, 0) is 0 Å². The number of para-hydroxylation sites is 1. The van der Waals surface area contributed by atoms with Gasteiger partial charge in [0, 0.05) is 11.6 Å². The van der Waals surface area contributed by atoms with Crippen molar-refractivity contribution in [1.29, 1.82) is 0 Å². The second-order valence-corrected chi connectivity index (χ2v) is 3.80. The molecule has 0 saturated heterocycles. The molecule has 1 aromatic rings. The third kappa shape index (κ3) is 3.53. The van der Waals surface area contributed by atoms with Gasteiger partial charge in [0.25, 0.3) is 5.69 Å². The molecule has 0 bridgehead atoms. The number of rotatable bonds is 5. The van der Waals surface area contributed by atoms with Crippen LogP contribution in [-0.2, 0) is 11.3 Å². The van der Waals surface area contributed by atoms with Gasteiger partial charge in [0.05, 0.1) is 11.5 Å². The molecule has 10 heteroatoms. The minimum absolute atomic E-state index is 0.0443. The Bertz CT molecular complexity index is 504. The van der Waals surface area contributed by atoms with E-state index in [0.717, 1.165) is 6.07 Å². The van der Waals surface area contributed by atoms with Crippen molar-refractivity contribution in [2.45, 2.75) is 18.7 Å². The van der Waals surface area contributed by atoms with Gasteiger partial charge in [-0.15, -0.1) is 0 Å². The van der Waals surface area contributed by atoms with Gasteiger partial charge in [0.1, 0.15) is 12.3 Å². The fourth-order valence-electron chi connectivity index (χ4n) is 1.26. The molecule has 112 valence electrons. The molecule has 0 atom stereocenters. The van der Waals surface area contributed by atoms with E-state index in [2.05, 4.69) is 4.74 Å². The predicted octanol–water partition coefficient (Wildman–Crippen LogP) is 2.89. The Hall–Kier alpha value is -1.97. The molecule has 0 spiro atoms. The van der Waals surface area contributed by atoms with Crippen LogP contribution in [0.4, 0.5) is 33.3 Å². The van der Waals surface area contributed by atoms with Crippen molar-refractivity contribution in [3.05, 3.63) is 33.9 Å². The Labute approximate surface area is 109 Å². The number of alkyl halides is 5. The third-order valence-electron chi connectivity index (χ3n) is 2.33. The lowest BCUT2D eigenvalue weighted by molar-refractivity contribution is -0.384. The zero-order valence-corrected chi connectivity index (χ0v) is 9.79. The molecule has 0 aliphatic heterocycles. The summed E-state index contributed by atoms with van der Waals surface area (Å²) in [6.45, 7) is -2.59. The molecule has 1 aromatic carbocycles. The van der Waals surface area contributed by atoms with Gasteiger partial charge in [-0.1, -0.05) is 12.1 Å². The molecule has 2 N–H and O–H groups in total. The molecule has 0 saturated carbocycles. The number of nitro benzene ring substituents is 1. The van der Waals surface area contributed by atoms with E-state index in [-0.39, 0.29) is 11.3 Å². The van der Waals surface area contributed by atoms with E-state index in [1.165, 1.54) is 12.1 Å². The number of nitrogen functional groups attached to an aromatic ring is 1. The summed E-state index contributed by atoms with van der Waals surface area (Å²) >= 11 is 0. The quantitative estimate of drug-likeness (QED) is 0.392. The predicted molar refractivity (Wildman–Crippen MR) is 58.2 cm³/mol. The Morgan fingerprint density at radius 2 is 1.85 bits per heavy atom. The molecule has 1 rings (SSSR count). The van der Waals surface area contributed by atoms with Crippen molar-refractivity contribution in [3.63, 3.8) is 0 Å². The van der Waals surface area contributed by atoms with Crippen LogP contribution in [0, 0.1) is 10.1 Å². The SMILES string of the molecule is Nc1c(COCC(F)(F)C(F)(F)F)cccc1[N+](=O)[O-]. The van der Waals surface area contributed by atoms with E-state index in [1.54, 1.807) is 0 Å². The summed E-state index contributed by atoms with van der Waals surface area (Å²) in [5.41, 5.74) is 4.53. The van der Waals surface area contributed by atoms with E-state index in [1.807, 2.05) is 0 Å². The van der Waals surface area contributed by atoms with Crippen molar-refractivity contribution in [2.75, 3.05) is 12.3 Å². The molecule has 0 aromatic heterocycles. The van der Waals surface area contributed by atoms with Crippen molar-refractivity contribution in [1.82, 2.24) is 0 Å². The molecule has 20 heavy (non-hydrogen) atoms. The number of hydrogen-bond donors (Lipinski definition) is 1. The first kappa shape index (κ1) is 16.1. The maximum absolute atomic E-state index is 12.6. The lowest BCUT2D eigenvalue weighted by Gasteiger charge is -2.19. The van der Waals surface area contributed by atoms with Crippen LogP contribution in [0.2, 0.25) is 0 Å². The zero-order chi connectivity index (χ0) is 15.6. The molecule has 0 aliphatic rings. The largest absolute Gasteiger partial charge is 0.455 e. The number of anilines is 1. The van der Waals surface area contributed by atoms with E-state index >= 15 is 0 Å². The summed E-state index contributed by atoms with van der Waals surface area (Å²) in [4.78, 5) is 9.75. The molecule has 0 aliphatic carbocycles. The van der Waals surface area contributed by atoms with Crippen LogP contribution in [0.25, 0.3) is 0 Å². The molecule has 0 fully saturated rings. The van der Waals surface area contributed by atoms with Crippen LogP contribution < -0.4 is 5.73 Å². The lowest BCUT2D eigenvalue weighted by Crippen LogP contribution is -2.40. The maximum Gasteiger partial charge on any atom is 0.455 e. The standard InChI is InChI=1S/C10H9F5N2O3/c11-9(12,10(13,14)15)5-20-4-6-2-1-3-7(8(6)16)17(18)19/h1-3H,4-5,16H2. The Balaban J connectivity index is 2.73. The molecule has 0 radical (unpaired) electrons. The summed E-state index contributed by atoms with van der Waals surface area (Å²) < 4.78 is 65.0. The molecule has 0 heterocycles. The Morgan fingerprint density at radius 3 is 2.35 bits per heavy atom. The summed E-state index contributed by atoms with van der Waals surface area (Å²) in [5.74, 6) is -5.00. The number of nitro groups is 1. The normalized spacial score (nSPS) is 12.4. The van der Waals surface area contributed by atoms with Crippen LogP contribution in [0.3, 0.4) is 0 Å². The van der Waals surface area contributed by atoms with Gasteiger partial charge < -0.3 is 10.5 Å². The topological polar surface area (TPSA) is 78.4 Å². The van der Waals surface area contributed by atoms with Crippen LogP contribution in [0.5, 0.6) is 0 Å². The monoisotopic (exact) mass is 300 g/mol. The average Bonchev–Trinajstić information content (AvgIpc) is 2.29. The first-order valence-electron chi connectivity index (χ1n) is 5.10. The number of nitrogens with two attached hydrogens (primary N) is 1.